The van der Waals surface area contributed by atoms with Gasteiger partial charge in [0.1, 0.15) is 5.82 Å². The molecule has 3 aromatic rings. The van der Waals surface area contributed by atoms with Crippen molar-refractivity contribution in [3.8, 4) is 0 Å². The summed E-state index contributed by atoms with van der Waals surface area (Å²) in [6, 6.07) is 12.8. The van der Waals surface area contributed by atoms with Gasteiger partial charge in [0.15, 0.2) is 5.82 Å². The zero-order valence-electron chi connectivity index (χ0n) is 14.6. The van der Waals surface area contributed by atoms with E-state index < -0.39 is 0 Å². The molecule has 0 bridgehead atoms. The summed E-state index contributed by atoms with van der Waals surface area (Å²) in [5, 5.41) is 11.9. The average molecular weight is 336 g/mol. The lowest BCUT2D eigenvalue weighted by Gasteiger charge is -2.33. The number of aryl methyl sites for hydroxylation is 1. The van der Waals surface area contributed by atoms with Crippen LogP contribution in [0.3, 0.4) is 0 Å². The van der Waals surface area contributed by atoms with Crippen molar-refractivity contribution in [3.05, 3.63) is 48.4 Å². The van der Waals surface area contributed by atoms with E-state index in [0.29, 0.717) is 6.04 Å². The third kappa shape index (κ3) is 3.35. The highest BCUT2D eigenvalue weighted by Gasteiger charge is 2.21. The molecule has 0 spiro atoms. The molecule has 0 aliphatic carbocycles. The highest BCUT2D eigenvalue weighted by Crippen LogP contribution is 2.19. The van der Waals surface area contributed by atoms with E-state index in [4.69, 9.17) is 4.98 Å². The molecule has 6 nitrogen and oxygen atoms in total. The Bertz CT molecular complexity index is 828. The lowest BCUT2D eigenvalue weighted by molar-refractivity contribution is 0.412. The number of hydrogen-bond donors (Lipinski definition) is 1. The van der Waals surface area contributed by atoms with E-state index in [2.05, 4.69) is 50.1 Å². The standard InChI is InChI=1S/C19H24N6/c1-2-25-17-9-4-3-8-16(17)22-19(25)13-20-15-7-6-12-24(14-15)18-10-5-11-21-23-18/h3-5,8-11,15,20H,2,6-7,12-14H2,1H3. The summed E-state index contributed by atoms with van der Waals surface area (Å²) in [6.07, 6.45) is 4.07. The number of nitrogens with one attached hydrogen (secondary N) is 1. The summed E-state index contributed by atoms with van der Waals surface area (Å²) < 4.78 is 2.30. The summed E-state index contributed by atoms with van der Waals surface area (Å²) >= 11 is 0. The molecule has 6 heteroatoms. The molecular formula is C19H24N6. The van der Waals surface area contributed by atoms with E-state index in [-0.39, 0.29) is 0 Å². The van der Waals surface area contributed by atoms with E-state index in [9.17, 15) is 0 Å². The van der Waals surface area contributed by atoms with Crippen molar-refractivity contribution in [3.63, 3.8) is 0 Å². The SMILES string of the molecule is CCn1c(CNC2CCCN(c3cccnn3)C2)nc2ccccc21. The fourth-order valence-corrected chi connectivity index (χ4v) is 3.66. The zero-order chi connectivity index (χ0) is 17.1. The van der Waals surface area contributed by atoms with Crippen LogP contribution in [0.15, 0.2) is 42.6 Å². The van der Waals surface area contributed by atoms with Gasteiger partial charge in [-0.1, -0.05) is 12.1 Å². The van der Waals surface area contributed by atoms with Gasteiger partial charge in [0, 0.05) is 31.9 Å². The summed E-state index contributed by atoms with van der Waals surface area (Å²) in [5.41, 5.74) is 2.29. The van der Waals surface area contributed by atoms with Crippen LogP contribution in [0.25, 0.3) is 11.0 Å². The number of aromatic nitrogens is 4. The van der Waals surface area contributed by atoms with Gasteiger partial charge >= 0.3 is 0 Å². The first-order valence-electron chi connectivity index (χ1n) is 9.05. The maximum absolute atomic E-state index is 4.81. The van der Waals surface area contributed by atoms with Crippen molar-refractivity contribution in [1.29, 1.82) is 0 Å². The molecular weight excluding hydrogens is 312 g/mol. The predicted octanol–water partition coefficient (Wildman–Crippen LogP) is 2.60. The number of hydrogen-bond acceptors (Lipinski definition) is 5. The first kappa shape index (κ1) is 16.0. The Kier molecular flexibility index (Phi) is 4.61. The molecule has 25 heavy (non-hydrogen) atoms. The smallest absolute Gasteiger partial charge is 0.151 e. The second kappa shape index (κ2) is 7.19. The molecule has 0 saturated carbocycles. The van der Waals surface area contributed by atoms with E-state index in [1.807, 2.05) is 18.2 Å². The Morgan fingerprint density at radius 3 is 2.96 bits per heavy atom. The highest BCUT2D eigenvalue weighted by atomic mass is 15.3. The van der Waals surface area contributed by atoms with E-state index >= 15 is 0 Å². The Hall–Kier alpha value is -2.47. The number of anilines is 1. The van der Waals surface area contributed by atoms with Crippen molar-refractivity contribution < 1.29 is 0 Å². The van der Waals surface area contributed by atoms with Gasteiger partial charge in [-0.05, 0) is 44.0 Å². The third-order valence-electron chi connectivity index (χ3n) is 4.90. The molecule has 3 heterocycles. The molecule has 1 aromatic carbocycles. The first-order valence-corrected chi connectivity index (χ1v) is 9.05. The molecule has 0 amide bonds. The number of para-hydroxylation sites is 2. The highest BCUT2D eigenvalue weighted by molar-refractivity contribution is 5.75. The van der Waals surface area contributed by atoms with Gasteiger partial charge in [-0.2, -0.15) is 5.10 Å². The van der Waals surface area contributed by atoms with Crippen LogP contribution in [0.5, 0.6) is 0 Å². The summed E-state index contributed by atoms with van der Waals surface area (Å²) in [5.74, 6) is 2.08. The molecule has 1 aliphatic rings. The van der Waals surface area contributed by atoms with Crippen LogP contribution in [-0.4, -0.2) is 38.9 Å². The van der Waals surface area contributed by atoms with Gasteiger partial charge in [0.05, 0.1) is 17.6 Å². The topological polar surface area (TPSA) is 58.9 Å². The Balaban J connectivity index is 1.44. The average Bonchev–Trinajstić information content (AvgIpc) is 3.05. The van der Waals surface area contributed by atoms with Crippen LogP contribution in [-0.2, 0) is 13.1 Å². The van der Waals surface area contributed by atoms with Gasteiger partial charge in [0.25, 0.3) is 0 Å². The molecule has 130 valence electrons. The summed E-state index contributed by atoms with van der Waals surface area (Å²) in [7, 11) is 0. The van der Waals surface area contributed by atoms with Crippen LogP contribution in [0, 0.1) is 0 Å². The molecule has 0 radical (unpaired) electrons. The van der Waals surface area contributed by atoms with Gasteiger partial charge in [-0.3, -0.25) is 0 Å². The molecule has 1 saturated heterocycles. The molecule has 2 aromatic heterocycles. The van der Waals surface area contributed by atoms with Crippen molar-refractivity contribution in [1.82, 2.24) is 25.1 Å². The number of benzene rings is 1. The van der Waals surface area contributed by atoms with Crippen molar-refractivity contribution in [2.75, 3.05) is 18.0 Å². The van der Waals surface area contributed by atoms with Crippen molar-refractivity contribution in [2.24, 2.45) is 0 Å². The number of rotatable bonds is 5. The molecule has 1 N–H and O–H groups in total. The lowest BCUT2D eigenvalue weighted by Crippen LogP contribution is -2.46. The molecule has 1 aliphatic heterocycles. The van der Waals surface area contributed by atoms with Gasteiger partial charge < -0.3 is 14.8 Å². The molecule has 1 atom stereocenters. The second-order valence-electron chi connectivity index (χ2n) is 6.51. The van der Waals surface area contributed by atoms with E-state index in [1.165, 1.54) is 18.4 Å². The Morgan fingerprint density at radius 1 is 1.20 bits per heavy atom. The number of fused-ring (bicyclic) bond motifs is 1. The minimum Gasteiger partial charge on any atom is -0.354 e. The van der Waals surface area contributed by atoms with Crippen LogP contribution >= 0.6 is 0 Å². The molecule has 1 unspecified atom stereocenters. The summed E-state index contributed by atoms with van der Waals surface area (Å²) in [4.78, 5) is 7.13. The Labute approximate surface area is 147 Å². The monoisotopic (exact) mass is 336 g/mol. The van der Waals surface area contributed by atoms with Crippen LogP contribution in [0.4, 0.5) is 5.82 Å². The number of piperidine rings is 1. The second-order valence-corrected chi connectivity index (χ2v) is 6.51. The number of nitrogens with zero attached hydrogens (tertiary/aromatic N) is 5. The normalized spacial score (nSPS) is 18.0. The van der Waals surface area contributed by atoms with Crippen LogP contribution in [0.1, 0.15) is 25.6 Å². The minimum atomic E-state index is 0.445. The van der Waals surface area contributed by atoms with Gasteiger partial charge in [-0.25, -0.2) is 4.98 Å². The van der Waals surface area contributed by atoms with Crippen LogP contribution < -0.4 is 10.2 Å². The minimum absolute atomic E-state index is 0.445. The largest absolute Gasteiger partial charge is 0.354 e. The molecule has 4 rings (SSSR count). The fourth-order valence-electron chi connectivity index (χ4n) is 3.66. The van der Waals surface area contributed by atoms with Gasteiger partial charge in [0.2, 0.25) is 0 Å². The zero-order valence-corrected chi connectivity index (χ0v) is 14.6. The Morgan fingerprint density at radius 2 is 2.12 bits per heavy atom. The fraction of sp³-hybridized carbons (Fsp3) is 0.421. The lowest BCUT2D eigenvalue weighted by atomic mass is 10.1. The maximum Gasteiger partial charge on any atom is 0.151 e. The maximum atomic E-state index is 4.81. The van der Waals surface area contributed by atoms with Crippen LogP contribution in [0.2, 0.25) is 0 Å². The quantitative estimate of drug-likeness (QED) is 0.776. The van der Waals surface area contributed by atoms with E-state index in [0.717, 1.165) is 43.3 Å². The van der Waals surface area contributed by atoms with E-state index in [1.54, 1.807) is 6.20 Å². The van der Waals surface area contributed by atoms with Gasteiger partial charge in [-0.15, -0.1) is 5.10 Å². The predicted molar refractivity (Wildman–Crippen MR) is 99.5 cm³/mol. The first-order chi connectivity index (χ1) is 12.3. The summed E-state index contributed by atoms with van der Waals surface area (Å²) in [6.45, 7) is 5.92. The molecule has 1 fully saturated rings. The third-order valence-corrected chi connectivity index (χ3v) is 4.90. The van der Waals surface area contributed by atoms with Crippen molar-refractivity contribution in [2.45, 2.75) is 38.9 Å². The number of imidazole rings is 1. The van der Waals surface area contributed by atoms with Crippen molar-refractivity contribution >= 4 is 16.9 Å².